The fourth-order valence-corrected chi connectivity index (χ4v) is 7.22. The van der Waals surface area contributed by atoms with E-state index in [1.165, 1.54) is 24.5 Å². The van der Waals surface area contributed by atoms with Crippen LogP contribution >= 0.6 is 10.0 Å². The lowest BCUT2D eigenvalue weighted by Crippen LogP contribution is -2.61. The summed E-state index contributed by atoms with van der Waals surface area (Å²) in [5, 5.41) is -4.53. The lowest BCUT2D eigenvalue weighted by atomic mass is 10.1. The van der Waals surface area contributed by atoms with Crippen LogP contribution in [0.4, 0.5) is 26.3 Å². The summed E-state index contributed by atoms with van der Waals surface area (Å²) in [6.45, 7) is 3.33. The Kier molecular flexibility index (Phi) is 8.34. The van der Waals surface area contributed by atoms with Gasteiger partial charge in [-0.15, -0.1) is 10.0 Å². The molecular weight excluding hydrogens is 578 g/mol. The molecule has 0 aromatic heterocycles. The quantitative estimate of drug-likeness (QED) is 0.243. The Bertz CT molecular complexity index is 1410. The number of carbonyl (C=O) groups excluding carboxylic acids is 1. The van der Waals surface area contributed by atoms with Crippen molar-refractivity contribution in [3.8, 4) is 5.75 Å². The fraction of sp³-hybridized carbons (Fsp3) is 0.450. The van der Waals surface area contributed by atoms with Crippen LogP contribution in [-0.2, 0) is 25.0 Å². The lowest BCUT2D eigenvalue weighted by Gasteiger charge is -2.36. The highest BCUT2D eigenvalue weighted by Crippen LogP contribution is 2.58. The number of halogens is 6. The van der Waals surface area contributed by atoms with E-state index in [0.29, 0.717) is 12.5 Å². The third-order valence-electron chi connectivity index (χ3n) is 5.60. The molecule has 1 N–H and O–H groups in total. The number of carbonyl (C=O) groups is 1. The average molecular weight is 600 g/mol. The molecule has 0 bridgehead atoms. The highest BCUT2D eigenvalue weighted by molar-refractivity contribution is 8.44. The van der Waals surface area contributed by atoms with Crippen LogP contribution in [0.15, 0.2) is 41.3 Å². The zero-order valence-corrected chi connectivity index (χ0v) is 21.7. The molecule has 2 atom stereocenters. The molecule has 2 rings (SSSR count). The van der Waals surface area contributed by atoms with E-state index in [-0.39, 0.29) is 20.8 Å². The minimum atomic E-state index is -7.44. The lowest BCUT2D eigenvalue weighted by molar-refractivity contribution is -0.247. The van der Waals surface area contributed by atoms with Crippen LogP contribution in [0.5, 0.6) is 5.75 Å². The highest BCUT2D eigenvalue weighted by Gasteiger charge is 2.81. The number of fused-ring (bicyclic) bond motifs is 1. The number of aliphatic hydroxyl groups excluding tert-OH is 1. The summed E-state index contributed by atoms with van der Waals surface area (Å²) in [4.78, 5) is 13.2. The first kappa shape index (κ1) is 31.1. The van der Waals surface area contributed by atoms with Gasteiger partial charge in [0.1, 0.15) is 0 Å². The van der Waals surface area contributed by atoms with Gasteiger partial charge in [0.15, 0.2) is 21.0 Å². The molecule has 37 heavy (non-hydrogen) atoms. The Morgan fingerprint density at radius 3 is 1.95 bits per heavy atom. The van der Waals surface area contributed by atoms with Crippen molar-refractivity contribution in [2.45, 2.75) is 41.6 Å². The number of rotatable bonds is 10. The number of alkyl halides is 6. The average Bonchev–Trinajstić information content (AvgIpc) is 2.81. The second-order valence-corrected chi connectivity index (χ2v) is 14.3. The summed E-state index contributed by atoms with van der Waals surface area (Å²) in [5.41, 5.74) is 0. The molecule has 0 saturated heterocycles. The monoisotopic (exact) mass is 599 g/mol. The van der Waals surface area contributed by atoms with Gasteiger partial charge in [0.05, 0.1) is 5.94 Å². The Morgan fingerprint density at radius 1 is 0.973 bits per heavy atom. The van der Waals surface area contributed by atoms with Crippen molar-refractivity contribution in [1.82, 2.24) is 0 Å². The summed E-state index contributed by atoms with van der Waals surface area (Å²) in [6.07, 6.45) is 1.85. The first-order valence-electron chi connectivity index (χ1n) is 10.1. The van der Waals surface area contributed by atoms with Gasteiger partial charge in [-0.3, -0.25) is 4.79 Å². The van der Waals surface area contributed by atoms with Crippen LogP contribution in [-0.4, -0.2) is 60.2 Å². The zero-order chi connectivity index (χ0) is 28.8. The Balaban J connectivity index is 2.71. The van der Waals surface area contributed by atoms with E-state index in [2.05, 4.69) is 4.18 Å². The molecule has 2 unspecified atom stereocenters. The van der Waals surface area contributed by atoms with Crippen molar-refractivity contribution in [2.75, 3.05) is 12.2 Å². The molecular formula is C20H21F6O8S3-. The number of hydrogen-bond acceptors (Lipinski definition) is 8. The van der Waals surface area contributed by atoms with Crippen molar-refractivity contribution >= 4 is 46.2 Å². The molecule has 0 aliphatic heterocycles. The van der Waals surface area contributed by atoms with Crippen LogP contribution in [0.1, 0.15) is 20.3 Å². The molecule has 0 heterocycles. The second-order valence-electron chi connectivity index (χ2n) is 8.05. The molecule has 2 aromatic rings. The van der Waals surface area contributed by atoms with Crippen LogP contribution in [0.2, 0.25) is 0 Å². The molecule has 0 aliphatic carbocycles. The fourth-order valence-electron chi connectivity index (χ4n) is 3.22. The van der Waals surface area contributed by atoms with Crippen molar-refractivity contribution in [3.05, 3.63) is 36.4 Å². The van der Waals surface area contributed by atoms with Crippen LogP contribution in [0.25, 0.3) is 10.8 Å². The van der Waals surface area contributed by atoms with E-state index < -0.39 is 64.3 Å². The Labute approximate surface area is 209 Å². The summed E-state index contributed by atoms with van der Waals surface area (Å²) in [5.74, 6) is -9.44. The summed E-state index contributed by atoms with van der Waals surface area (Å²) in [6, 6.07) is 6.74. The summed E-state index contributed by atoms with van der Waals surface area (Å²) >= 11 is 0. The number of hydrogen-bond donors (Lipinski definition) is 1. The maximum absolute atomic E-state index is 14.2. The van der Waals surface area contributed by atoms with Gasteiger partial charge in [-0.2, -0.15) is 34.8 Å². The second kappa shape index (κ2) is 9.91. The maximum atomic E-state index is 14.2. The first-order valence-corrected chi connectivity index (χ1v) is 15.1. The predicted molar refractivity (Wildman–Crippen MR) is 121 cm³/mol. The van der Waals surface area contributed by atoms with Gasteiger partial charge in [0.25, 0.3) is 0 Å². The van der Waals surface area contributed by atoms with Crippen molar-refractivity contribution in [1.29, 1.82) is 0 Å². The summed E-state index contributed by atoms with van der Waals surface area (Å²) in [7, 11) is -17.2. The topological polar surface area (TPSA) is 138 Å². The highest BCUT2D eigenvalue weighted by atomic mass is 32.3. The van der Waals surface area contributed by atoms with Gasteiger partial charge in [0.2, 0.25) is 0 Å². The molecule has 2 aromatic carbocycles. The van der Waals surface area contributed by atoms with Gasteiger partial charge in [-0.25, -0.2) is 8.42 Å². The Hall–Kier alpha value is -2.08. The predicted octanol–water partition coefficient (Wildman–Crippen LogP) is 4.23. The third-order valence-corrected chi connectivity index (χ3v) is 10.9. The van der Waals surface area contributed by atoms with Crippen molar-refractivity contribution in [3.63, 3.8) is 0 Å². The van der Waals surface area contributed by atoms with Crippen LogP contribution in [0.3, 0.4) is 0 Å². The standard InChI is InChI=1S/C20H22F6O8S3/c1-4-12(2)17(28)35(3,11-27)16-10-9-15(13-7-5-6-8-14(13)16)34-37(32,33)20(25,26)18(21,22)19(23,24)36(29,30)31/h5-10,12,27H,4,11H2,1-3H3,(H,29,30,31)/p-1. The van der Waals surface area contributed by atoms with Gasteiger partial charge in [0, 0.05) is 16.2 Å². The van der Waals surface area contributed by atoms with Crippen molar-refractivity contribution < 1.29 is 61.8 Å². The molecule has 8 nitrogen and oxygen atoms in total. The minimum absolute atomic E-state index is 0.000875. The smallest absolute Gasteiger partial charge is 0.450 e. The van der Waals surface area contributed by atoms with Gasteiger partial charge in [-0.1, -0.05) is 38.1 Å². The molecule has 0 fully saturated rings. The van der Waals surface area contributed by atoms with Crippen LogP contribution in [0, 0.1) is 5.92 Å². The van der Waals surface area contributed by atoms with E-state index in [9.17, 15) is 57.6 Å². The normalized spacial score (nSPS) is 17.2. The van der Waals surface area contributed by atoms with E-state index in [1.54, 1.807) is 13.8 Å². The molecule has 210 valence electrons. The molecule has 0 aliphatic rings. The van der Waals surface area contributed by atoms with Gasteiger partial charge >= 0.3 is 26.5 Å². The molecule has 0 saturated carbocycles. The number of aliphatic hydroxyl groups is 1. The zero-order valence-electron chi connectivity index (χ0n) is 19.3. The Morgan fingerprint density at radius 2 is 1.49 bits per heavy atom. The SMILES string of the molecule is CCC(C)C(=O)S(C)(CO)c1ccc(OS(=O)(=O)C(F)(F)C(F)(F)C(F)(F)S(=O)(=O)[O-])c2ccccc12. The van der Waals surface area contributed by atoms with Gasteiger partial charge in [-0.05, 0) is 30.2 Å². The molecule has 0 radical (unpaired) electrons. The van der Waals surface area contributed by atoms with Crippen molar-refractivity contribution in [2.24, 2.45) is 5.92 Å². The first-order chi connectivity index (χ1) is 16.6. The van der Waals surface area contributed by atoms with Crippen LogP contribution < -0.4 is 4.18 Å². The van der Waals surface area contributed by atoms with Gasteiger partial charge < -0.3 is 13.8 Å². The molecule has 17 heteroatoms. The molecule has 0 amide bonds. The molecule has 0 spiro atoms. The third kappa shape index (κ3) is 4.91. The van der Waals surface area contributed by atoms with E-state index in [4.69, 9.17) is 0 Å². The maximum Gasteiger partial charge on any atom is 0.450 e. The number of benzene rings is 2. The van der Waals surface area contributed by atoms with E-state index in [1.807, 2.05) is 0 Å². The summed E-state index contributed by atoms with van der Waals surface area (Å²) < 4.78 is 143. The van der Waals surface area contributed by atoms with E-state index >= 15 is 0 Å². The largest absolute Gasteiger partial charge is 0.743 e. The minimum Gasteiger partial charge on any atom is -0.743 e. The van der Waals surface area contributed by atoms with E-state index in [0.717, 1.165) is 12.1 Å².